The summed E-state index contributed by atoms with van der Waals surface area (Å²) in [5.74, 6) is -14.8. The SMILES string of the molecule is O=S(=O)(OC12C=CC(CC1)C2)C(F)(F)C(F)(F)C(F)(F)C(F)(F)F. The molecule has 140 valence electrons. The van der Waals surface area contributed by atoms with E-state index >= 15 is 0 Å². The van der Waals surface area contributed by atoms with Crippen LogP contribution in [0.2, 0.25) is 0 Å². The van der Waals surface area contributed by atoms with Crippen LogP contribution in [-0.2, 0) is 14.3 Å². The topological polar surface area (TPSA) is 43.4 Å². The average molecular weight is 392 g/mol. The Bertz CT molecular complexity index is 652. The van der Waals surface area contributed by atoms with Crippen molar-refractivity contribution in [3.05, 3.63) is 12.2 Å². The summed E-state index contributed by atoms with van der Waals surface area (Å²) in [6, 6.07) is 0. The van der Waals surface area contributed by atoms with Gasteiger partial charge >= 0.3 is 33.4 Å². The molecule has 0 heterocycles. The van der Waals surface area contributed by atoms with Crippen molar-refractivity contribution in [1.29, 1.82) is 0 Å². The van der Waals surface area contributed by atoms with E-state index < -0.39 is 39.0 Å². The fraction of sp³-hybridized carbons (Fsp3) is 0.818. The number of rotatable bonds is 5. The van der Waals surface area contributed by atoms with Crippen LogP contribution in [0.15, 0.2) is 12.2 Å². The second kappa shape index (κ2) is 5.02. The van der Waals surface area contributed by atoms with Crippen molar-refractivity contribution in [2.45, 2.75) is 48.1 Å². The van der Waals surface area contributed by atoms with Gasteiger partial charge in [-0.15, -0.1) is 0 Å². The van der Waals surface area contributed by atoms with Crippen LogP contribution in [0.25, 0.3) is 0 Å². The molecule has 1 fully saturated rings. The normalized spacial score (nSPS) is 28.6. The van der Waals surface area contributed by atoms with E-state index in [1.54, 1.807) is 0 Å². The molecule has 1 saturated carbocycles. The Balaban J connectivity index is 2.39. The molecule has 2 aliphatic rings. The lowest BCUT2D eigenvalue weighted by molar-refractivity contribution is -0.383. The third-order valence-electron chi connectivity index (χ3n) is 3.92. The molecule has 0 aromatic heterocycles. The van der Waals surface area contributed by atoms with Crippen molar-refractivity contribution in [2.24, 2.45) is 5.92 Å². The Morgan fingerprint density at radius 2 is 1.50 bits per heavy atom. The largest absolute Gasteiger partial charge is 0.460 e. The molecule has 2 unspecified atom stereocenters. The first kappa shape index (κ1) is 19.3. The first-order valence-electron chi connectivity index (χ1n) is 6.34. The van der Waals surface area contributed by atoms with E-state index in [9.17, 15) is 47.9 Å². The van der Waals surface area contributed by atoms with Gasteiger partial charge in [-0.1, -0.05) is 12.2 Å². The second-order valence-electron chi connectivity index (χ2n) is 5.63. The lowest BCUT2D eigenvalue weighted by Gasteiger charge is -2.34. The van der Waals surface area contributed by atoms with Gasteiger partial charge in [0.25, 0.3) is 0 Å². The third-order valence-corrected chi connectivity index (χ3v) is 5.36. The molecule has 0 saturated heterocycles. The lowest BCUT2D eigenvalue weighted by atomic mass is 10.0. The predicted octanol–water partition coefficient (Wildman–Crippen LogP) is 3.87. The molecule has 0 aliphatic heterocycles. The summed E-state index contributed by atoms with van der Waals surface area (Å²) >= 11 is 0. The summed E-state index contributed by atoms with van der Waals surface area (Å²) in [6.45, 7) is 0. The van der Waals surface area contributed by atoms with Crippen molar-refractivity contribution >= 4 is 10.1 Å². The Morgan fingerprint density at radius 1 is 0.958 bits per heavy atom. The molecule has 2 rings (SSSR count). The van der Waals surface area contributed by atoms with Crippen LogP contribution in [0, 0.1) is 5.92 Å². The smallest absolute Gasteiger partial charge is 0.254 e. The van der Waals surface area contributed by atoms with Crippen LogP contribution in [0.3, 0.4) is 0 Å². The van der Waals surface area contributed by atoms with Crippen molar-refractivity contribution in [3.63, 3.8) is 0 Å². The molecule has 0 N–H and O–H groups in total. The number of allylic oxidation sites excluding steroid dienone is 1. The van der Waals surface area contributed by atoms with Crippen molar-refractivity contribution in [3.8, 4) is 0 Å². The van der Waals surface area contributed by atoms with Gasteiger partial charge in [-0.2, -0.15) is 47.9 Å². The monoisotopic (exact) mass is 392 g/mol. The molecule has 0 spiro atoms. The first-order chi connectivity index (χ1) is 10.5. The van der Waals surface area contributed by atoms with Gasteiger partial charge in [0.2, 0.25) is 0 Å². The summed E-state index contributed by atoms with van der Waals surface area (Å²) in [4.78, 5) is 0. The highest BCUT2D eigenvalue weighted by atomic mass is 32.2. The fourth-order valence-electron chi connectivity index (χ4n) is 2.60. The lowest BCUT2D eigenvalue weighted by Crippen LogP contribution is -2.63. The third kappa shape index (κ3) is 2.50. The second-order valence-corrected chi connectivity index (χ2v) is 7.22. The van der Waals surface area contributed by atoms with E-state index in [1.807, 2.05) is 0 Å². The quantitative estimate of drug-likeness (QED) is 0.405. The predicted molar refractivity (Wildman–Crippen MR) is 60.1 cm³/mol. The summed E-state index contributed by atoms with van der Waals surface area (Å²) in [6.07, 6.45) is -4.82. The van der Waals surface area contributed by atoms with Crippen LogP contribution in [0.1, 0.15) is 19.3 Å². The number of alkyl halides is 9. The Labute approximate surface area is 129 Å². The van der Waals surface area contributed by atoms with Gasteiger partial charge in [0.05, 0.1) is 0 Å². The number of halogens is 9. The van der Waals surface area contributed by atoms with E-state index in [-0.39, 0.29) is 25.2 Å². The maximum Gasteiger partial charge on any atom is 0.460 e. The van der Waals surface area contributed by atoms with Crippen LogP contribution < -0.4 is 0 Å². The molecule has 2 bridgehead atoms. The Kier molecular flexibility index (Phi) is 4.05. The van der Waals surface area contributed by atoms with Crippen LogP contribution in [0.5, 0.6) is 0 Å². The van der Waals surface area contributed by atoms with Crippen LogP contribution >= 0.6 is 0 Å². The highest BCUT2D eigenvalue weighted by molar-refractivity contribution is 7.87. The highest BCUT2D eigenvalue weighted by Crippen LogP contribution is 2.56. The Morgan fingerprint density at radius 3 is 1.83 bits per heavy atom. The molecular weight excluding hydrogens is 383 g/mol. The zero-order valence-electron chi connectivity index (χ0n) is 11.4. The van der Waals surface area contributed by atoms with Gasteiger partial charge in [0.1, 0.15) is 5.60 Å². The molecule has 24 heavy (non-hydrogen) atoms. The Hall–Kier alpha value is -0.980. The van der Waals surface area contributed by atoms with E-state index in [0.29, 0.717) is 0 Å². The minimum absolute atomic E-state index is 0.176. The molecule has 3 nitrogen and oxygen atoms in total. The van der Waals surface area contributed by atoms with Crippen LogP contribution in [0.4, 0.5) is 39.5 Å². The minimum atomic E-state index is -7.29. The average Bonchev–Trinajstić information content (AvgIpc) is 2.95. The van der Waals surface area contributed by atoms with E-state index in [2.05, 4.69) is 4.18 Å². The highest BCUT2D eigenvalue weighted by Gasteiger charge is 2.86. The number of hydrogen-bond acceptors (Lipinski definition) is 3. The summed E-state index contributed by atoms with van der Waals surface area (Å²) < 4.78 is 142. The van der Waals surface area contributed by atoms with E-state index in [1.165, 1.54) is 6.08 Å². The molecule has 0 aromatic carbocycles. The molecule has 0 aromatic rings. The van der Waals surface area contributed by atoms with E-state index in [4.69, 9.17) is 0 Å². The maximum atomic E-state index is 13.5. The van der Waals surface area contributed by atoms with Crippen molar-refractivity contribution in [2.75, 3.05) is 0 Å². The van der Waals surface area contributed by atoms with Gasteiger partial charge < -0.3 is 0 Å². The van der Waals surface area contributed by atoms with Gasteiger partial charge in [0, 0.05) is 0 Å². The molecule has 0 amide bonds. The minimum Gasteiger partial charge on any atom is -0.254 e. The number of fused-ring (bicyclic) bond motifs is 2. The van der Waals surface area contributed by atoms with Gasteiger partial charge in [-0.05, 0) is 25.2 Å². The fourth-order valence-corrected chi connectivity index (χ4v) is 3.79. The summed E-state index contributed by atoms with van der Waals surface area (Å²) in [5, 5.41) is -6.80. The van der Waals surface area contributed by atoms with Crippen LogP contribution in [-0.4, -0.2) is 37.3 Å². The van der Waals surface area contributed by atoms with Gasteiger partial charge in [-0.3, -0.25) is 4.18 Å². The standard InChI is InChI=1S/C11H9F9O3S/c12-8(13,10(16,17)18)9(14,15)11(19,20)24(21,22)23-7-3-1-6(5-7)2-4-7/h1,3,6H,2,4-5H2. The molecule has 2 atom stereocenters. The first-order valence-corrected chi connectivity index (χ1v) is 7.75. The van der Waals surface area contributed by atoms with Gasteiger partial charge in [-0.25, -0.2) is 0 Å². The van der Waals surface area contributed by atoms with Crippen molar-refractivity contribution < 1.29 is 52.1 Å². The van der Waals surface area contributed by atoms with Gasteiger partial charge in [0.15, 0.2) is 0 Å². The summed E-state index contributed by atoms with van der Waals surface area (Å²) in [5.41, 5.74) is -1.93. The molecule has 0 radical (unpaired) electrons. The number of hydrogen-bond donors (Lipinski definition) is 0. The maximum absolute atomic E-state index is 13.5. The summed E-state index contributed by atoms with van der Waals surface area (Å²) in [7, 11) is -6.80. The molecular formula is C11H9F9O3S. The van der Waals surface area contributed by atoms with Crippen molar-refractivity contribution in [1.82, 2.24) is 0 Å². The molecule has 2 aliphatic carbocycles. The van der Waals surface area contributed by atoms with E-state index in [0.717, 1.165) is 6.08 Å². The zero-order chi connectivity index (χ0) is 18.8. The zero-order valence-corrected chi connectivity index (χ0v) is 12.2. The molecule has 13 heteroatoms.